The third-order valence-corrected chi connectivity index (χ3v) is 8.21. The highest BCUT2D eigenvalue weighted by Gasteiger charge is 2.36. The number of rotatable bonds is 11. The Morgan fingerprint density at radius 1 is 0.792 bits per heavy atom. The van der Waals surface area contributed by atoms with Gasteiger partial charge >= 0.3 is 8.56 Å². The fourth-order valence-electron chi connectivity index (χ4n) is 3.08. The molecule has 3 heteroatoms. The van der Waals surface area contributed by atoms with E-state index in [0.717, 1.165) is 30.9 Å². The van der Waals surface area contributed by atoms with Gasteiger partial charge in [-0.1, -0.05) is 82.9 Å². The maximum Gasteiger partial charge on any atom is 0.398 e. The molecular formula is C21H32O2Si. The van der Waals surface area contributed by atoms with Crippen molar-refractivity contribution in [3.05, 3.63) is 42.5 Å². The van der Waals surface area contributed by atoms with Gasteiger partial charge in [0, 0.05) is 12.0 Å². The van der Waals surface area contributed by atoms with Gasteiger partial charge in [-0.15, -0.1) is 0 Å². The molecule has 0 heterocycles. The molecule has 0 atom stereocenters. The molecule has 0 aliphatic heterocycles. The fourth-order valence-corrected chi connectivity index (χ4v) is 5.43. The lowest BCUT2D eigenvalue weighted by Gasteiger charge is -2.30. The second-order valence-electron chi connectivity index (χ2n) is 6.46. The first-order valence-corrected chi connectivity index (χ1v) is 11.8. The number of fused-ring (bicyclic) bond motifs is 1. The lowest BCUT2D eigenvalue weighted by molar-refractivity contribution is 0.231. The van der Waals surface area contributed by atoms with Gasteiger partial charge < -0.3 is 8.85 Å². The van der Waals surface area contributed by atoms with Crippen LogP contribution < -0.4 is 4.43 Å². The van der Waals surface area contributed by atoms with Gasteiger partial charge in [0.25, 0.3) is 0 Å². The van der Waals surface area contributed by atoms with Crippen LogP contribution in [-0.2, 0) is 4.43 Å². The second kappa shape index (κ2) is 9.85. The van der Waals surface area contributed by atoms with E-state index < -0.39 is 8.56 Å². The molecule has 0 unspecified atom stereocenters. The molecule has 24 heavy (non-hydrogen) atoms. The van der Waals surface area contributed by atoms with Crippen LogP contribution in [-0.4, -0.2) is 15.2 Å². The Balaban J connectivity index is 2.03. The standard InChI is InChI=1S/C21H32O2Si/c1-4-7-8-9-12-18-22-24(5-2,6-3)23-21-17-13-15-19-14-10-11-16-20(19)21/h10-11,13-17H,4-9,12,18H2,1-3H3. The van der Waals surface area contributed by atoms with Crippen LogP contribution in [0, 0.1) is 0 Å². The molecule has 0 N–H and O–H groups in total. The highest BCUT2D eigenvalue weighted by molar-refractivity contribution is 6.68. The summed E-state index contributed by atoms with van der Waals surface area (Å²) in [5.74, 6) is 0.981. The SMILES string of the molecule is CCCCCCCO[Si](CC)(CC)Oc1cccc2ccccc12. The number of hydrogen-bond donors (Lipinski definition) is 0. The van der Waals surface area contributed by atoms with Crippen LogP contribution in [0.4, 0.5) is 0 Å². The van der Waals surface area contributed by atoms with Crippen molar-refractivity contribution in [2.75, 3.05) is 6.61 Å². The third-order valence-electron chi connectivity index (χ3n) is 4.74. The van der Waals surface area contributed by atoms with Crippen LogP contribution in [0.1, 0.15) is 52.9 Å². The second-order valence-corrected chi connectivity index (χ2v) is 10.2. The zero-order chi connectivity index (χ0) is 17.3. The van der Waals surface area contributed by atoms with E-state index in [1.165, 1.54) is 36.5 Å². The third kappa shape index (κ3) is 5.09. The first-order chi connectivity index (χ1) is 11.7. The maximum absolute atomic E-state index is 6.56. The fraction of sp³-hybridized carbons (Fsp3) is 0.524. The van der Waals surface area contributed by atoms with Gasteiger partial charge in [-0.05, 0) is 30.0 Å². The van der Waals surface area contributed by atoms with Crippen molar-refractivity contribution >= 4 is 19.3 Å². The summed E-state index contributed by atoms with van der Waals surface area (Å²) in [5.41, 5.74) is 0. The Labute approximate surface area is 148 Å². The van der Waals surface area contributed by atoms with Gasteiger partial charge in [0.2, 0.25) is 0 Å². The lowest BCUT2D eigenvalue weighted by Crippen LogP contribution is -2.44. The van der Waals surface area contributed by atoms with Crippen LogP contribution >= 0.6 is 0 Å². The Kier molecular flexibility index (Phi) is 7.80. The average molecular weight is 345 g/mol. The predicted molar refractivity (Wildman–Crippen MR) is 106 cm³/mol. The predicted octanol–water partition coefficient (Wildman–Crippen LogP) is 6.69. The minimum atomic E-state index is -2.17. The van der Waals surface area contributed by atoms with Crippen LogP contribution in [0.5, 0.6) is 5.75 Å². The summed E-state index contributed by atoms with van der Waals surface area (Å²) in [6, 6.07) is 16.7. The Hall–Kier alpha value is -1.32. The summed E-state index contributed by atoms with van der Waals surface area (Å²) in [7, 11) is -2.17. The van der Waals surface area contributed by atoms with Gasteiger partial charge in [-0.3, -0.25) is 0 Å². The minimum absolute atomic E-state index is 0.836. The Morgan fingerprint density at radius 2 is 1.50 bits per heavy atom. The van der Waals surface area contributed by atoms with E-state index in [2.05, 4.69) is 63.2 Å². The Bertz CT molecular complexity index is 602. The summed E-state index contributed by atoms with van der Waals surface area (Å²) >= 11 is 0. The van der Waals surface area contributed by atoms with Crippen molar-refractivity contribution in [1.82, 2.24) is 0 Å². The van der Waals surface area contributed by atoms with E-state index in [1.54, 1.807) is 0 Å². The smallest absolute Gasteiger partial charge is 0.398 e. The highest BCUT2D eigenvalue weighted by Crippen LogP contribution is 2.30. The lowest BCUT2D eigenvalue weighted by atomic mass is 10.1. The number of benzene rings is 2. The van der Waals surface area contributed by atoms with Crippen molar-refractivity contribution in [3.63, 3.8) is 0 Å². The zero-order valence-electron chi connectivity index (χ0n) is 15.5. The molecule has 0 saturated carbocycles. The largest absolute Gasteiger partial charge is 0.520 e. The molecule has 0 amide bonds. The van der Waals surface area contributed by atoms with Crippen molar-refractivity contribution in [3.8, 4) is 5.75 Å². The van der Waals surface area contributed by atoms with Crippen molar-refractivity contribution in [2.45, 2.75) is 65.0 Å². The van der Waals surface area contributed by atoms with Crippen molar-refractivity contribution in [2.24, 2.45) is 0 Å². The van der Waals surface area contributed by atoms with E-state index in [0.29, 0.717) is 0 Å². The minimum Gasteiger partial charge on any atom is -0.520 e. The summed E-state index contributed by atoms with van der Waals surface area (Å²) in [4.78, 5) is 0. The molecule has 2 aromatic carbocycles. The quantitative estimate of drug-likeness (QED) is 0.334. The summed E-state index contributed by atoms with van der Waals surface area (Å²) in [5, 5.41) is 2.41. The van der Waals surface area contributed by atoms with Gasteiger partial charge in [-0.25, -0.2) is 0 Å². The average Bonchev–Trinajstić information content (AvgIpc) is 2.64. The van der Waals surface area contributed by atoms with E-state index >= 15 is 0 Å². The summed E-state index contributed by atoms with van der Waals surface area (Å²) in [6.07, 6.45) is 6.34. The molecule has 2 rings (SSSR count). The normalized spacial score (nSPS) is 11.8. The van der Waals surface area contributed by atoms with Crippen molar-refractivity contribution in [1.29, 1.82) is 0 Å². The van der Waals surface area contributed by atoms with Crippen LogP contribution in [0.15, 0.2) is 42.5 Å². The molecule has 0 saturated heterocycles. The highest BCUT2D eigenvalue weighted by atomic mass is 28.4. The van der Waals surface area contributed by atoms with Gasteiger partial charge in [0.15, 0.2) is 0 Å². The molecule has 2 nitrogen and oxygen atoms in total. The molecule has 0 radical (unpaired) electrons. The number of hydrogen-bond acceptors (Lipinski definition) is 2. The van der Waals surface area contributed by atoms with Gasteiger partial charge in [0.05, 0.1) is 0 Å². The Morgan fingerprint density at radius 3 is 2.25 bits per heavy atom. The molecular weight excluding hydrogens is 312 g/mol. The molecule has 0 aliphatic carbocycles. The zero-order valence-corrected chi connectivity index (χ0v) is 16.5. The monoisotopic (exact) mass is 344 g/mol. The van der Waals surface area contributed by atoms with E-state index in [-0.39, 0.29) is 0 Å². The van der Waals surface area contributed by atoms with Gasteiger partial charge in [-0.2, -0.15) is 0 Å². The molecule has 0 aromatic heterocycles. The molecule has 0 bridgehead atoms. The van der Waals surface area contributed by atoms with Crippen molar-refractivity contribution < 1.29 is 8.85 Å². The number of unbranched alkanes of at least 4 members (excludes halogenated alkanes) is 4. The first-order valence-electron chi connectivity index (χ1n) is 9.55. The summed E-state index contributed by atoms with van der Waals surface area (Å²) < 4.78 is 12.9. The topological polar surface area (TPSA) is 18.5 Å². The molecule has 132 valence electrons. The molecule has 0 aliphatic rings. The molecule has 2 aromatic rings. The first kappa shape index (κ1) is 19.0. The van der Waals surface area contributed by atoms with E-state index in [1.807, 2.05) is 0 Å². The van der Waals surface area contributed by atoms with Gasteiger partial charge in [0.1, 0.15) is 5.75 Å². The maximum atomic E-state index is 6.56. The van der Waals surface area contributed by atoms with Crippen LogP contribution in [0.25, 0.3) is 10.8 Å². The molecule has 0 spiro atoms. The molecule has 0 fully saturated rings. The summed E-state index contributed by atoms with van der Waals surface area (Å²) in [6.45, 7) is 7.50. The van der Waals surface area contributed by atoms with Crippen LogP contribution in [0.2, 0.25) is 12.1 Å². The van der Waals surface area contributed by atoms with E-state index in [9.17, 15) is 0 Å². The van der Waals surface area contributed by atoms with Crippen LogP contribution in [0.3, 0.4) is 0 Å². The van der Waals surface area contributed by atoms with E-state index in [4.69, 9.17) is 8.85 Å².